The van der Waals surface area contributed by atoms with Crippen molar-refractivity contribution in [2.75, 3.05) is 14.2 Å². The molecule has 0 N–H and O–H groups in total. The van der Waals surface area contributed by atoms with Crippen molar-refractivity contribution in [1.29, 1.82) is 0 Å². The first-order chi connectivity index (χ1) is 13.3. The molecule has 1 aromatic heterocycles. The Labute approximate surface area is 158 Å². The summed E-state index contributed by atoms with van der Waals surface area (Å²) in [6, 6.07) is 28.1. The van der Waals surface area contributed by atoms with Gasteiger partial charge in [0.05, 0.1) is 25.6 Å². The van der Waals surface area contributed by atoms with Crippen molar-refractivity contribution in [2.24, 2.45) is 0 Å². The molecule has 0 saturated heterocycles. The van der Waals surface area contributed by atoms with Gasteiger partial charge in [0.25, 0.3) is 0 Å². The van der Waals surface area contributed by atoms with Crippen molar-refractivity contribution in [2.45, 2.75) is 0 Å². The number of hydrogen-bond acceptors (Lipinski definition) is 3. The minimum atomic E-state index is 0.768. The average molecular weight is 356 g/mol. The van der Waals surface area contributed by atoms with Crippen LogP contribution in [0, 0.1) is 0 Å². The number of aromatic nitrogens is 2. The van der Waals surface area contributed by atoms with E-state index in [2.05, 4.69) is 18.2 Å². The third kappa shape index (κ3) is 3.17. The molecule has 0 aliphatic carbocycles. The second-order valence-electron chi connectivity index (χ2n) is 6.06. The van der Waals surface area contributed by atoms with E-state index in [9.17, 15) is 0 Å². The lowest BCUT2D eigenvalue weighted by molar-refractivity contribution is 0.412. The third-order valence-corrected chi connectivity index (χ3v) is 4.48. The quantitative estimate of drug-likeness (QED) is 0.492. The molecule has 0 atom stereocenters. The number of methoxy groups -OCH3 is 2. The summed E-state index contributed by atoms with van der Waals surface area (Å²) < 4.78 is 13.0. The summed E-state index contributed by atoms with van der Waals surface area (Å²) in [5.74, 6) is 1.56. The number of para-hydroxylation sites is 3. The van der Waals surface area contributed by atoms with E-state index in [0.29, 0.717) is 0 Å². The van der Waals surface area contributed by atoms with Gasteiger partial charge in [0, 0.05) is 11.1 Å². The molecule has 4 rings (SSSR count). The molecule has 4 aromatic rings. The molecule has 0 aliphatic heterocycles. The fourth-order valence-electron chi connectivity index (χ4n) is 3.17. The number of rotatable bonds is 5. The standard InChI is InChI=1S/C23H20N2O2/c1-26-22-14-8-6-12-18(22)19-16-21(17-10-4-3-5-11-17)25(24-19)20-13-7-9-15-23(20)27-2/h3-16H,1-2H3. The Morgan fingerprint density at radius 1 is 0.704 bits per heavy atom. The van der Waals surface area contributed by atoms with Gasteiger partial charge in [-0.25, -0.2) is 4.68 Å². The van der Waals surface area contributed by atoms with Gasteiger partial charge in [0.1, 0.15) is 17.2 Å². The first-order valence-electron chi connectivity index (χ1n) is 8.74. The zero-order valence-electron chi connectivity index (χ0n) is 15.3. The first-order valence-corrected chi connectivity index (χ1v) is 8.74. The van der Waals surface area contributed by atoms with Crippen molar-refractivity contribution in [3.8, 4) is 39.7 Å². The molecule has 0 aliphatic rings. The van der Waals surface area contributed by atoms with Gasteiger partial charge in [-0.3, -0.25) is 0 Å². The fraction of sp³-hybridized carbons (Fsp3) is 0.0870. The number of hydrogen-bond donors (Lipinski definition) is 0. The molecule has 0 radical (unpaired) electrons. The summed E-state index contributed by atoms with van der Waals surface area (Å²) in [6.45, 7) is 0. The van der Waals surface area contributed by atoms with E-state index in [1.807, 2.05) is 71.4 Å². The Balaban J connectivity index is 1.96. The topological polar surface area (TPSA) is 36.3 Å². The van der Waals surface area contributed by atoms with Gasteiger partial charge < -0.3 is 9.47 Å². The lowest BCUT2D eigenvalue weighted by Gasteiger charge is -2.11. The predicted molar refractivity (Wildman–Crippen MR) is 108 cm³/mol. The zero-order chi connectivity index (χ0) is 18.6. The summed E-state index contributed by atoms with van der Waals surface area (Å²) in [6.07, 6.45) is 0. The lowest BCUT2D eigenvalue weighted by atomic mass is 10.1. The Bertz CT molecular complexity index is 1050. The number of benzene rings is 3. The van der Waals surface area contributed by atoms with Crippen LogP contribution in [0.4, 0.5) is 0 Å². The Morgan fingerprint density at radius 3 is 2.07 bits per heavy atom. The SMILES string of the molecule is COc1ccccc1-c1cc(-c2ccccc2)n(-c2ccccc2OC)n1. The molecule has 4 heteroatoms. The average Bonchev–Trinajstić information content (AvgIpc) is 3.19. The van der Waals surface area contributed by atoms with Gasteiger partial charge >= 0.3 is 0 Å². The summed E-state index contributed by atoms with van der Waals surface area (Å²) in [4.78, 5) is 0. The van der Waals surface area contributed by atoms with Gasteiger partial charge in [-0.05, 0) is 30.3 Å². The second-order valence-corrected chi connectivity index (χ2v) is 6.06. The van der Waals surface area contributed by atoms with Gasteiger partial charge in [-0.15, -0.1) is 0 Å². The second kappa shape index (κ2) is 7.38. The molecule has 0 amide bonds. The largest absolute Gasteiger partial charge is 0.496 e. The van der Waals surface area contributed by atoms with Crippen LogP contribution in [0.2, 0.25) is 0 Å². The van der Waals surface area contributed by atoms with Gasteiger partial charge in [-0.2, -0.15) is 5.10 Å². The zero-order valence-corrected chi connectivity index (χ0v) is 15.3. The third-order valence-electron chi connectivity index (χ3n) is 4.48. The van der Waals surface area contributed by atoms with Crippen molar-refractivity contribution in [3.05, 3.63) is 84.9 Å². The summed E-state index contributed by atoms with van der Waals surface area (Å²) in [5, 5.41) is 4.90. The molecule has 0 unspecified atom stereocenters. The van der Waals surface area contributed by atoms with E-state index in [0.717, 1.165) is 39.7 Å². The van der Waals surface area contributed by atoms with Gasteiger partial charge in [-0.1, -0.05) is 54.6 Å². The van der Waals surface area contributed by atoms with E-state index in [4.69, 9.17) is 14.6 Å². The van der Waals surface area contributed by atoms with E-state index in [1.54, 1.807) is 14.2 Å². The molecule has 4 nitrogen and oxygen atoms in total. The van der Waals surface area contributed by atoms with Crippen LogP contribution in [0.1, 0.15) is 0 Å². The van der Waals surface area contributed by atoms with E-state index >= 15 is 0 Å². The van der Waals surface area contributed by atoms with Crippen LogP contribution in [0.3, 0.4) is 0 Å². The van der Waals surface area contributed by atoms with Gasteiger partial charge in [0.2, 0.25) is 0 Å². The minimum absolute atomic E-state index is 0.768. The van der Waals surface area contributed by atoms with Crippen LogP contribution in [-0.2, 0) is 0 Å². The Morgan fingerprint density at radius 2 is 1.33 bits per heavy atom. The summed E-state index contributed by atoms with van der Waals surface area (Å²) in [5.41, 5.74) is 4.75. The molecule has 0 spiro atoms. The molecular weight excluding hydrogens is 336 g/mol. The normalized spacial score (nSPS) is 10.6. The number of nitrogens with zero attached hydrogens (tertiary/aromatic N) is 2. The van der Waals surface area contributed by atoms with Crippen LogP contribution in [-0.4, -0.2) is 24.0 Å². The van der Waals surface area contributed by atoms with Crippen LogP contribution < -0.4 is 9.47 Å². The summed E-state index contributed by atoms with van der Waals surface area (Å²) >= 11 is 0. The molecule has 0 bridgehead atoms. The maximum Gasteiger partial charge on any atom is 0.144 e. The monoisotopic (exact) mass is 356 g/mol. The van der Waals surface area contributed by atoms with E-state index in [1.165, 1.54) is 0 Å². The minimum Gasteiger partial charge on any atom is -0.496 e. The van der Waals surface area contributed by atoms with E-state index < -0.39 is 0 Å². The maximum absolute atomic E-state index is 5.56. The van der Waals surface area contributed by atoms with Gasteiger partial charge in [0.15, 0.2) is 0 Å². The highest BCUT2D eigenvalue weighted by Gasteiger charge is 2.17. The Kier molecular flexibility index (Phi) is 4.62. The first kappa shape index (κ1) is 16.9. The number of ether oxygens (including phenoxy) is 2. The smallest absolute Gasteiger partial charge is 0.144 e. The predicted octanol–water partition coefficient (Wildman–Crippen LogP) is 5.22. The molecule has 0 fully saturated rings. The fourth-order valence-corrected chi connectivity index (χ4v) is 3.17. The molecule has 0 saturated carbocycles. The van der Waals surface area contributed by atoms with Crippen LogP contribution >= 0.6 is 0 Å². The molecule has 27 heavy (non-hydrogen) atoms. The van der Waals surface area contributed by atoms with Crippen LogP contribution in [0.25, 0.3) is 28.2 Å². The summed E-state index contributed by atoms with van der Waals surface area (Å²) in [7, 11) is 3.35. The van der Waals surface area contributed by atoms with Crippen LogP contribution in [0.15, 0.2) is 84.9 Å². The van der Waals surface area contributed by atoms with Crippen molar-refractivity contribution in [1.82, 2.24) is 9.78 Å². The highest BCUT2D eigenvalue weighted by Crippen LogP contribution is 2.35. The molecular formula is C23H20N2O2. The molecule has 3 aromatic carbocycles. The highest BCUT2D eigenvalue weighted by molar-refractivity contribution is 5.74. The van der Waals surface area contributed by atoms with Crippen molar-refractivity contribution >= 4 is 0 Å². The van der Waals surface area contributed by atoms with Crippen molar-refractivity contribution < 1.29 is 9.47 Å². The van der Waals surface area contributed by atoms with Crippen molar-refractivity contribution in [3.63, 3.8) is 0 Å². The van der Waals surface area contributed by atoms with E-state index in [-0.39, 0.29) is 0 Å². The molecule has 1 heterocycles. The highest BCUT2D eigenvalue weighted by atomic mass is 16.5. The van der Waals surface area contributed by atoms with Crippen LogP contribution in [0.5, 0.6) is 11.5 Å². The molecule has 134 valence electrons. The maximum atomic E-state index is 5.56. The Hall–Kier alpha value is -3.53. The lowest BCUT2D eigenvalue weighted by Crippen LogP contribution is -2.02.